The Labute approximate surface area is 523 Å². The molecule has 0 radical (unpaired) electrons. The second kappa shape index (κ2) is 35.1. The van der Waals surface area contributed by atoms with E-state index in [1.165, 1.54) is 24.5 Å². The third kappa shape index (κ3) is 21.7. The fourth-order valence-electron chi connectivity index (χ4n) is 7.81. The second-order valence-electron chi connectivity index (χ2n) is 19.0. The quantitative estimate of drug-likeness (QED) is 0.0306. The Morgan fingerprint density at radius 2 is 0.955 bits per heavy atom. The Balaban J connectivity index is 0.000000285. The smallest absolute Gasteiger partial charge is 0.328 e. The summed E-state index contributed by atoms with van der Waals surface area (Å²) in [6, 6.07) is 33.1. The minimum Gasteiger partial charge on any atom is -0.492 e. The van der Waals surface area contributed by atoms with Gasteiger partial charge in [0.2, 0.25) is 11.8 Å². The lowest BCUT2D eigenvalue weighted by Crippen LogP contribution is -2.13. The standard InChI is InChI=1S/2C30H29ClN6O3.C4H4O4.H2O/c2*1-4-39-28-16-25-23(15-26(28)36-29(38)9-7-13-37(2)3)30(20(17-32)18-34-25)35-21-10-11-27(24(31)14-21)40-19-22-8-5-6-12-33-22;5-3(6)1-2-4(7)8;/h2*5-12,14-16,18H,4,13,19H2,1-3H3,(H,34,35)(H,36,38);1-2H,(H,5,6)(H,7,8);1H2/b;;2-1-;. The molecule has 0 aliphatic rings. The van der Waals surface area contributed by atoms with Gasteiger partial charge in [-0.15, -0.1) is 0 Å². The average molecular weight is 1250 g/mol. The number of hydrogen-bond acceptors (Lipinski definition) is 18. The molecule has 23 nitrogen and oxygen atoms in total. The van der Waals surface area contributed by atoms with Gasteiger partial charge in [-0.2, -0.15) is 10.5 Å². The van der Waals surface area contributed by atoms with E-state index >= 15 is 0 Å². The van der Waals surface area contributed by atoms with Crippen molar-refractivity contribution >= 4 is 103 Å². The Morgan fingerprint density at radius 1 is 0.551 bits per heavy atom. The lowest BCUT2D eigenvalue weighted by atomic mass is 10.1. The molecule has 2 amide bonds. The minimum atomic E-state index is -1.26. The van der Waals surface area contributed by atoms with E-state index in [1.807, 2.05) is 88.2 Å². The van der Waals surface area contributed by atoms with Crippen LogP contribution in [0.1, 0.15) is 36.4 Å². The van der Waals surface area contributed by atoms with Gasteiger partial charge in [-0.05, 0) is 115 Å². The number of hydrogen-bond donors (Lipinski definition) is 6. The van der Waals surface area contributed by atoms with E-state index in [0.29, 0.717) is 139 Å². The van der Waals surface area contributed by atoms with Gasteiger partial charge in [-0.25, -0.2) is 9.59 Å². The zero-order chi connectivity index (χ0) is 63.5. The zero-order valence-corrected chi connectivity index (χ0v) is 50.8. The molecule has 4 aromatic heterocycles. The summed E-state index contributed by atoms with van der Waals surface area (Å²) in [6.45, 7) is 6.34. The van der Waals surface area contributed by atoms with Crippen LogP contribution in [0.2, 0.25) is 10.0 Å². The van der Waals surface area contributed by atoms with Gasteiger partial charge < -0.3 is 65.7 Å². The van der Waals surface area contributed by atoms with Gasteiger partial charge in [0.15, 0.2) is 0 Å². The van der Waals surface area contributed by atoms with Crippen LogP contribution in [-0.4, -0.2) is 124 Å². The summed E-state index contributed by atoms with van der Waals surface area (Å²) in [7, 11) is 7.68. The highest BCUT2D eigenvalue weighted by molar-refractivity contribution is 6.32. The highest BCUT2D eigenvalue weighted by Crippen LogP contribution is 2.40. The van der Waals surface area contributed by atoms with Gasteiger partial charge in [0, 0.05) is 96.5 Å². The number of carboxylic acid groups (broad SMARTS) is 2. The molecule has 8 rings (SSSR count). The third-order valence-corrected chi connectivity index (χ3v) is 12.3. The lowest BCUT2D eigenvalue weighted by Gasteiger charge is -2.16. The lowest BCUT2D eigenvalue weighted by molar-refractivity contribution is -0.134. The summed E-state index contributed by atoms with van der Waals surface area (Å²) < 4.78 is 23.2. The van der Waals surface area contributed by atoms with Crippen LogP contribution in [0.4, 0.5) is 34.1 Å². The summed E-state index contributed by atoms with van der Waals surface area (Å²) in [6.07, 6.45) is 14.0. The van der Waals surface area contributed by atoms with Gasteiger partial charge >= 0.3 is 11.9 Å². The number of aliphatic carboxylic acids is 2. The molecule has 0 saturated carbocycles. The van der Waals surface area contributed by atoms with Crippen molar-refractivity contribution in [2.24, 2.45) is 0 Å². The average Bonchev–Trinajstić information content (AvgIpc) is 1.01. The summed E-state index contributed by atoms with van der Waals surface area (Å²) in [5, 5.41) is 49.7. The number of amides is 2. The molecule has 89 heavy (non-hydrogen) atoms. The number of carboxylic acids is 2. The number of likely N-dealkylation sites (N-methyl/N-ethyl adjacent to an activating group) is 2. The van der Waals surface area contributed by atoms with Crippen molar-refractivity contribution in [1.82, 2.24) is 29.7 Å². The van der Waals surface area contributed by atoms with Gasteiger partial charge in [-0.3, -0.25) is 29.5 Å². The molecule has 0 fully saturated rings. The molecule has 25 heteroatoms. The van der Waals surface area contributed by atoms with E-state index in [4.69, 9.17) is 52.4 Å². The molecule has 460 valence electrons. The molecule has 8 aromatic rings. The normalized spacial score (nSPS) is 10.7. The molecule has 8 N–H and O–H groups in total. The first-order valence-electron chi connectivity index (χ1n) is 26.9. The first-order valence-corrected chi connectivity index (χ1v) is 27.7. The van der Waals surface area contributed by atoms with Crippen LogP contribution < -0.4 is 40.2 Å². The summed E-state index contributed by atoms with van der Waals surface area (Å²) in [4.78, 5) is 65.6. The van der Waals surface area contributed by atoms with Crippen LogP contribution in [0.15, 0.2) is 158 Å². The van der Waals surface area contributed by atoms with Crippen molar-refractivity contribution in [2.45, 2.75) is 27.1 Å². The van der Waals surface area contributed by atoms with Crippen LogP contribution in [0.25, 0.3) is 21.8 Å². The molecular formula is C64H64Cl2N12O11. The number of carbonyl (C=O) groups excluding carboxylic acids is 2. The number of ether oxygens (including phenoxy) is 4. The summed E-state index contributed by atoms with van der Waals surface area (Å²) >= 11 is 13.0. The maximum absolute atomic E-state index is 12.6. The highest BCUT2D eigenvalue weighted by atomic mass is 35.5. The Morgan fingerprint density at radius 3 is 1.28 bits per heavy atom. The maximum atomic E-state index is 12.6. The Hall–Kier alpha value is -10.7. The number of halogens is 2. The van der Waals surface area contributed by atoms with E-state index in [0.717, 1.165) is 11.4 Å². The summed E-state index contributed by atoms with van der Waals surface area (Å²) in [5.74, 6) is -1.14. The first-order chi connectivity index (χ1) is 42.4. The number of nitriles is 2. The number of pyridine rings is 4. The Kier molecular flexibility index (Phi) is 27.2. The van der Waals surface area contributed by atoms with Crippen molar-refractivity contribution < 1.29 is 53.8 Å². The molecule has 0 unspecified atom stereocenters. The van der Waals surface area contributed by atoms with Crippen LogP contribution >= 0.6 is 23.2 Å². The Bertz CT molecular complexity index is 3680. The van der Waals surface area contributed by atoms with Crippen LogP contribution in [0.5, 0.6) is 23.0 Å². The molecule has 4 aromatic carbocycles. The molecule has 0 spiro atoms. The van der Waals surface area contributed by atoms with Gasteiger partial charge in [0.05, 0.1) is 79.6 Å². The molecule has 0 saturated heterocycles. The maximum Gasteiger partial charge on any atom is 0.328 e. The summed E-state index contributed by atoms with van der Waals surface area (Å²) in [5.41, 5.74) is 6.65. The minimum absolute atomic E-state index is 0. The number of rotatable bonds is 24. The fourth-order valence-corrected chi connectivity index (χ4v) is 8.28. The number of anilines is 6. The van der Waals surface area contributed by atoms with E-state index < -0.39 is 11.9 Å². The number of carbonyl (C=O) groups is 4. The van der Waals surface area contributed by atoms with Crippen molar-refractivity contribution in [1.29, 1.82) is 10.5 Å². The van der Waals surface area contributed by atoms with Gasteiger partial charge in [0.25, 0.3) is 0 Å². The largest absolute Gasteiger partial charge is 0.492 e. The monoisotopic (exact) mass is 1250 g/mol. The van der Waals surface area contributed by atoms with E-state index in [9.17, 15) is 29.7 Å². The predicted molar refractivity (Wildman–Crippen MR) is 343 cm³/mol. The van der Waals surface area contributed by atoms with E-state index in [-0.39, 0.29) is 30.5 Å². The second-order valence-corrected chi connectivity index (χ2v) is 19.8. The molecule has 0 aliphatic heterocycles. The number of benzene rings is 4. The number of aromatic nitrogens is 4. The fraction of sp³-hybridized carbons (Fsp3) is 0.188. The van der Waals surface area contributed by atoms with Gasteiger partial charge in [0.1, 0.15) is 48.4 Å². The zero-order valence-electron chi connectivity index (χ0n) is 49.2. The van der Waals surface area contributed by atoms with E-state index in [2.05, 4.69) is 53.3 Å². The van der Waals surface area contributed by atoms with Crippen molar-refractivity contribution in [3.63, 3.8) is 0 Å². The van der Waals surface area contributed by atoms with Crippen molar-refractivity contribution in [3.05, 3.63) is 191 Å². The number of nitrogens with one attached hydrogen (secondary N) is 4. The van der Waals surface area contributed by atoms with Crippen LogP contribution in [-0.2, 0) is 32.4 Å². The molecule has 0 atom stereocenters. The van der Waals surface area contributed by atoms with Crippen molar-refractivity contribution in [2.75, 3.05) is 75.8 Å². The number of nitrogens with zero attached hydrogens (tertiary/aromatic N) is 8. The van der Waals surface area contributed by atoms with Crippen LogP contribution in [0, 0.1) is 22.7 Å². The van der Waals surface area contributed by atoms with Crippen LogP contribution in [0.3, 0.4) is 0 Å². The molecule has 0 aliphatic carbocycles. The third-order valence-electron chi connectivity index (χ3n) is 11.7. The van der Waals surface area contributed by atoms with Gasteiger partial charge in [-0.1, -0.05) is 47.5 Å². The molecule has 4 heterocycles. The highest BCUT2D eigenvalue weighted by Gasteiger charge is 2.19. The van der Waals surface area contributed by atoms with Crippen molar-refractivity contribution in [3.8, 4) is 35.1 Å². The predicted octanol–water partition coefficient (Wildman–Crippen LogP) is 10.8. The van der Waals surface area contributed by atoms with E-state index in [1.54, 1.807) is 85.2 Å². The molecular weight excluding hydrogens is 1180 g/mol. The topological polar surface area (TPSA) is 331 Å². The number of fused-ring (bicyclic) bond motifs is 2. The molecule has 0 bridgehead atoms. The first kappa shape index (κ1) is 69.1. The SMILES string of the molecule is CCOc1cc2ncc(C#N)c(Nc3ccc(OCc4ccccn4)c(Cl)c3)c2cc1NC(=O)C=CCN(C)C.CCOc1cc2ncc(C#N)c(Nc3ccc(OCc4ccccn4)c(Cl)c3)c2cc1NC(=O)C=CCN(C)C.O.O=C(O)/C=C\C(=O)O.